The summed E-state index contributed by atoms with van der Waals surface area (Å²) in [5, 5.41) is 11.0. The van der Waals surface area contributed by atoms with Gasteiger partial charge >= 0.3 is 0 Å². The second kappa shape index (κ2) is 2.85. The first-order valence-corrected chi connectivity index (χ1v) is 3.78. The molecule has 2 rings (SSSR count). The number of hydrogen-bond acceptors (Lipinski definition) is 5. The van der Waals surface area contributed by atoms with Gasteiger partial charge < -0.3 is 10.3 Å². The molecule has 2 heterocycles. The minimum Gasteiger partial charge on any atom is -0.381 e. The Balaban J connectivity index is 2.53. The van der Waals surface area contributed by atoms with Crippen molar-refractivity contribution in [2.75, 3.05) is 5.73 Å². The Morgan fingerprint density at radius 2 is 2.23 bits per heavy atom. The van der Waals surface area contributed by atoms with Crippen molar-refractivity contribution in [2.45, 2.75) is 6.92 Å². The van der Waals surface area contributed by atoms with Crippen LogP contribution in [0.3, 0.4) is 0 Å². The van der Waals surface area contributed by atoms with E-state index in [4.69, 9.17) is 10.3 Å². The van der Waals surface area contributed by atoms with Gasteiger partial charge in [0.05, 0.1) is 12.4 Å². The molecule has 5 heteroatoms. The highest BCUT2D eigenvalue weighted by molar-refractivity contribution is 5.64. The van der Waals surface area contributed by atoms with Crippen LogP contribution in [-0.4, -0.2) is 15.4 Å². The van der Waals surface area contributed by atoms with Crippen molar-refractivity contribution in [3.63, 3.8) is 0 Å². The van der Waals surface area contributed by atoms with E-state index in [1.54, 1.807) is 18.5 Å². The van der Waals surface area contributed by atoms with Crippen molar-refractivity contribution < 1.29 is 4.52 Å². The lowest BCUT2D eigenvalue weighted by molar-refractivity contribution is 0.435. The van der Waals surface area contributed by atoms with Crippen molar-refractivity contribution in [3.05, 3.63) is 24.0 Å². The first-order valence-electron chi connectivity index (χ1n) is 3.78. The third-order valence-corrected chi connectivity index (χ3v) is 1.81. The maximum atomic E-state index is 5.54. The zero-order valence-electron chi connectivity index (χ0n) is 7.06. The van der Waals surface area contributed by atoms with E-state index in [1.165, 1.54) is 0 Å². The van der Waals surface area contributed by atoms with E-state index in [0.717, 1.165) is 11.1 Å². The van der Waals surface area contributed by atoms with Gasteiger partial charge in [-0.15, -0.1) is 0 Å². The molecule has 0 aliphatic rings. The summed E-state index contributed by atoms with van der Waals surface area (Å²) in [4.78, 5) is 0. The molecule has 0 unspecified atom stereocenters. The molecule has 0 spiro atoms. The topological polar surface area (TPSA) is 77.8 Å². The molecule has 0 aliphatic heterocycles. The summed E-state index contributed by atoms with van der Waals surface area (Å²) in [5.41, 5.74) is 7.19. The van der Waals surface area contributed by atoms with E-state index in [1.807, 2.05) is 6.92 Å². The minimum atomic E-state index is 0.409. The van der Waals surface area contributed by atoms with Crippen LogP contribution in [0.5, 0.6) is 0 Å². The van der Waals surface area contributed by atoms with Gasteiger partial charge in [0.25, 0.3) is 0 Å². The number of aromatic nitrogens is 3. The van der Waals surface area contributed by atoms with Crippen molar-refractivity contribution in [3.8, 4) is 11.3 Å². The van der Waals surface area contributed by atoms with Crippen LogP contribution in [0.2, 0.25) is 0 Å². The summed E-state index contributed by atoms with van der Waals surface area (Å²) in [6.45, 7) is 1.85. The second-order valence-corrected chi connectivity index (χ2v) is 2.65. The Bertz CT molecular complexity index is 409. The van der Waals surface area contributed by atoms with Gasteiger partial charge in [0.1, 0.15) is 0 Å². The smallest absolute Gasteiger partial charge is 0.173 e. The molecular formula is C8H8N4O. The fourth-order valence-electron chi connectivity index (χ4n) is 1.04. The van der Waals surface area contributed by atoms with Gasteiger partial charge in [-0.3, -0.25) is 0 Å². The molecule has 0 saturated carbocycles. The molecule has 0 amide bonds. The lowest BCUT2D eigenvalue weighted by Gasteiger charge is -1.93. The summed E-state index contributed by atoms with van der Waals surface area (Å²) < 4.78 is 5.04. The third kappa shape index (κ3) is 1.24. The van der Waals surface area contributed by atoms with Crippen LogP contribution in [0.1, 0.15) is 5.56 Å². The van der Waals surface area contributed by atoms with E-state index in [-0.39, 0.29) is 0 Å². The molecule has 0 aliphatic carbocycles. The summed E-state index contributed by atoms with van der Waals surface area (Å²) in [5.74, 6) is 1.05. The predicted octanol–water partition coefficient (Wildman–Crippen LogP) is 1.02. The molecule has 0 fully saturated rings. The fraction of sp³-hybridized carbons (Fsp3) is 0.125. The van der Waals surface area contributed by atoms with Gasteiger partial charge in [0, 0.05) is 11.1 Å². The Labute approximate surface area is 74.6 Å². The van der Waals surface area contributed by atoms with Crippen LogP contribution in [0.25, 0.3) is 11.3 Å². The maximum Gasteiger partial charge on any atom is 0.173 e. The van der Waals surface area contributed by atoms with Crippen LogP contribution in [0, 0.1) is 6.92 Å². The Kier molecular flexibility index (Phi) is 1.70. The summed E-state index contributed by atoms with van der Waals surface area (Å²) in [7, 11) is 0. The van der Waals surface area contributed by atoms with E-state index >= 15 is 0 Å². The first-order chi connectivity index (χ1) is 6.29. The highest BCUT2D eigenvalue weighted by Crippen LogP contribution is 2.25. The average Bonchev–Trinajstić information content (AvgIpc) is 2.49. The van der Waals surface area contributed by atoms with Gasteiger partial charge in [0.15, 0.2) is 11.6 Å². The minimum absolute atomic E-state index is 0.409. The maximum absolute atomic E-state index is 5.54. The molecule has 0 aromatic carbocycles. The Morgan fingerprint density at radius 1 is 1.38 bits per heavy atom. The Hall–Kier alpha value is -1.91. The zero-order chi connectivity index (χ0) is 9.26. The molecule has 66 valence electrons. The standard InChI is InChI=1S/C8H8N4O/c1-5-7(13-12-8(5)9)6-2-3-10-11-4-6/h2-4H,1H3,(H2,9,12). The number of hydrogen-bond donors (Lipinski definition) is 1. The van der Waals surface area contributed by atoms with Gasteiger partial charge in [-0.05, 0) is 13.0 Å². The number of nitrogen functional groups attached to an aromatic ring is 1. The van der Waals surface area contributed by atoms with Crippen LogP contribution in [0.4, 0.5) is 5.82 Å². The summed E-state index contributed by atoms with van der Waals surface area (Å²) in [6.07, 6.45) is 3.19. The Morgan fingerprint density at radius 3 is 2.77 bits per heavy atom. The second-order valence-electron chi connectivity index (χ2n) is 2.65. The van der Waals surface area contributed by atoms with Crippen LogP contribution in [0.15, 0.2) is 23.0 Å². The molecular weight excluding hydrogens is 168 g/mol. The van der Waals surface area contributed by atoms with Crippen molar-refractivity contribution in [1.82, 2.24) is 15.4 Å². The molecule has 2 N–H and O–H groups in total. The highest BCUT2D eigenvalue weighted by atomic mass is 16.5. The normalized spacial score (nSPS) is 10.2. The van der Waals surface area contributed by atoms with Crippen LogP contribution in [-0.2, 0) is 0 Å². The number of anilines is 1. The van der Waals surface area contributed by atoms with Gasteiger partial charge in [0.2, 0.25) is 0 Å². The molecule has 0 saturated heterocycles. The predicted molar refractivity (Wildman–Crippen MR) is 46.7 cm³/mol. The number of rotatable bonds is 1. The van der Waals surface area contributed by atoms with E-state index < -0.39 is 0 Å². The van der Waals surface area contributed by atoms with Gasteiger partial charge in [-0.2, -0.15) is 10.2 Å². The molecule has 0 bridgehead atoms. The summed E-state index contributed by atoms with van der Waals surface area (Å²) in [6, 6.07) is 1.79. The quantitative estimate of drug-likeness (QED) is 0.701. The first kappa shape index (κ1) is 7.72. The van der Waals surface area contributed by atoms with Crippen LogP contribution < -0.4 is 5.73 Å². The van der Waals surface area contributed by atoms with Gasteiger partial charge in [-0.25, -0.2) is 0 Å². The van der Waals surface area contributed by atoms with Crippen molar-refractivity contribution in [2.24, 2.45) is 0 Å². The van der Waals surface area contributed by atoms with Crippen molar-refractivity contribution >= 4 is 5.82 Å². The average molecular weight is 176 g/mol. The zero-order valence-corrected chi connectivity index (χ0v) is 7.06. The molecule has 5 nitrogen and oxygen atoms in total. The molecule has 0 atom stereocenters. The fourth-order valence-corrected chi connectivity index (χ4v) is 1.04. The lowest BCUT2D eigenvalue weighted by atomic mass is 10.1. The highest BCUT2D eigenvalue weighted by Gasteiger charge is 2.10. The molecule has 2 aromatic rings. The van der Waals surface area contributed by atoms with Crippen LogP contribution >= 0.6 is 0 Å². The van der Waals surface area contributed by atoms with Gasteiger partial charge in [-0.1, -0.05) is 5.16 Å². The van der Waals surface area contributed by atoms with E-state index in [0.29, 0.717) is 11.6 Å². The monoisotopic (exact) mass is 176 g/mol. The number of nitrogens with two attached hydrogens (primary N) is 1. The molecule has 2 aromatic heterocycles. The van der Waals surface area contributed by atoms with E-state index in [2.05, 4.69) is 15.4 Å². The van der Waals surface area contributed by atoms with E-state index in [9.17, 15) is 0 Å². The lowest BCUT2D eigenvalue weighted by Crippen LogP contribution is -1.87. The summed E-state index contributed by atoms with van der Waals surface area (Å²) >= 11 is 0. The number of nitrogens with zero attached hydrogens (tertiary/aromatic N) is 3. The largest absolute Gasteiger partial charge is 0.381 e. The SMILES string of the molecule is Cc1c(N)noc1-c1ccnnc1. The molecule has 13 heavy (non-hydrogen) atoms. The van der Waals surface area contributed by atoms with Crippen molar-refractivity contribution in [1.29, 1.82) is 0 Å². The third-order valence-electron chi connectivity index (χ3n) is 1.81. The molecule has 0 radical (unpaired) electrons.